The summed E-state index contributed by atoms with van der Waals surface area (Å²) < 4.78 is 1.86. The molecule has 2 rings (SSSR count). The van der Waals surface area contributed by atoms with Gasteiger partial charge in [0, 0.05) is 12.0 Å². The molecule has 0 aliphatic heterocycles. The average molecular weight is 360 g/mol. The van der Waals surface area contributed by atoms with Crippen molar-refractivity contribution >= 4 is 49.0 Å². The molecular formula is C12H8Br2OS. The number of Topliss-reactive ketones (excluding diaryl/α,β-unsaturated/α-hetero) is 1. The largest absolute Gasteiger partial charge is 0.294 e. The zero-order valence-electron chi connectivity index (χ0n) is 8.24. The highest BCUT2D eigenvalue weighted by atomic mass is 79.9. The fraction of sp³-hybridized carbons (Fsp3) is 0.0833. The van der Waals surface area contributed by atoms with Crippen LogP contribution in [0.4, 0.5) is 0 Å². The molecule has 0 bridgehead atoms. The Morgan fingerprint density at radius 3 is 2.44 bits per heavy atom. The smallest absolute Gasteiger partial charge is 0.169 e. The third-order valence-electron chi connectivity index (χ3n) is 2.16. The van der Waals surface area contributed by atoms with Gasteiger partial charge in [0.1, 0.15) is 0 Å². The van der Waals surface area contributed by atoms with Gasteiger partial charge in [-0.05, 0) is 43.5 Å². The van der Waals surface area contributed by atoms with E-state index in [0.717, 1.165) is 18.7 Å². The Kier molecular flexibility index (Phi) is 3.95. The van der Waals surface area contributed by atoms with Crippen molar-refractivity contribution < 1.29 is 4.79 Å². The van der Waals surface area contributed by atoms with Gasteiger partial charge in [0.25, 0.3) is 0 Å². The lowest BCUT2D eigenvalue weighted by molar-refractivity contribution is 0.0993. The first kappa shape index (κ1) is 12.0. The van der Waals surface area contributed by atoms with E-state index >= 15 is 0 Å². The van der Waals surface area contributed by atoms with Gasteiger partial charge in [-0.1, -0.05) is 30.3 Å². The molecule has 0 radical (unpaired) electrons. The molecule has 2 aromatic rings. The van der Waals surface area contributed by atoms with Crippen LogP contribution in [0.15, 0.2) is 44.0 Å². The summed E-state index contributed by atoms with van der Waals surface area (Å²) in [5.41, 5.74) is 1.79. The molecule has 0 aliphatic rings. The van der Waals surface area contributed by atoms with Gasteiger partial charge in [-0.15, -0.1) is 11.3 Å². The second-order valence-corrected chi connectivity index (χ2v) is 7.07. The minimum absolute atomic E-state index is 0.139. The number of carbonyl (C=O) groups excluding carboxylic acids is 1. The van der Waals surface area contributed by atoms with Gasteiger partial charge in [0.15, 0.2) is 5.78 Å². The molecule has 82 valence electrons. The minimum atomic E-state index is 0.139. The molecule has 0 atom stereocenters. The van der Waals surface area contributed by atoms with E-state index in [0.29, 0.717) is 6.42 Å². The fourth-order valence-electron chi connectivity index (χ4n) is 1.41. The number of thiophene rings is 1. The van der Waals surface area contributed by atoms with Crippen molar-refractivity contribution in [1.29, 1.82) is 0 Å². The molecule has 1 nitrogen and oxygen atoms in total. The quantitative estimate of drug-likeness (QED) is 0.726. The molecule has 0 unspecified atom stereocenters. The van der Waals surface area contributed by atoms with Crippen molar-refractivity contribution in [2.24, 2.45) is 0 Å². The lowest BCUT2D eigenvalue weighted by Gasteiger charge is -1.99. The summed E-state index contributed by atoms with van der Waals surface area (Å²) in [6.07, 6.45) is 0.447. The maximum absolute atomic E-state index is 12.0. The van der Waals surface area contributed by atoms with Crippen LogP contribution in [0.1, 0.15) is 15.9 Å². The van der Waals surface area contributed by atoms with Crippen molar-refractivity contribution in [3.63, 3.8) is 0 Å². The summed E-state index contributed by atoms with van der Waals surface area (Å²) in [6, 6.07) is 11.6. The highest BCUT2D eigenvalue weighted by Crippen LogP contribution is 2.32. The van der Waals surface area contributed by atoms with Crippen molar-refractivity contribution in [3.8, 4) is 0 Å². The fourth-order valence-corrected chi connectivity index (χ4v) is 4.26. The molecule has 0 fully saturated rings. The predicted octanol–water partition coefficient (Wildman–Crippen LogP) is 4.70. The predicted molar refractivity (Wildman–Crippen MR) is 74.2 cm³/mol. The normalized spacial score (nSPS) is 10.4. The van der Waals surface area contributed by atoms with Crippen LogP contribution in [0.3, 0.4) is 0 Å². The first-order valence-corrected chi connectivity index (χ1v) is 7.09. The molecule has 0 saturated heterocycles. The van der Waals surface area contributed by atoms with E-state index in [1.54, 1.807) is 0 Å². The molecular weight excluding hydrogens is 352 g/mol. The summed E-state index contributed by atoms with van der Waals surface area (Å²) in [5.74, 6) is 0.139. The zero-order chi connectivity index (χ0) is 11.5. The molecule has 1 aromatic carbocycles. The summed E-state index contributed by atoms with van der Waals surface area (Å²) in [5, 5.41) is 0. The van der Waals surface area contributed by atoms with E-state index in [2.05, 4.69) is 31.9 Å². The van der Waals surface area contributed by atoms with E-state index in [1.165, 1.54) is 11.3 Å². The zero-order valence-corrected chi connectivity index (χ0v) is 12.2. The first-order chi connectivity index (χ1) is 7.66. The molecule has 0 N–H and O–H groups in total. The standard InChI is InChI=1S/C12H8Br2OS/c13-11-7-9(12(14)16-11)10(15)6-8-4-2-1-3-5-8/h1-5,7H,6H2. The number of rotatable bonds is 3. The van der Waals surface area contributed by atoms with Crippen molar-refractivity contribution in [3.05, 3.63) is 55.1 Å². The van der Waals surface area contributed by atoms with Gasteiger partial charge in [-0.3, -0.25) is 4.79 Å². The number of halogens is 2. The number of ketones is 1. The van der Waals surface area contributed by atoms with Gasteiger partial charge in [-0.25, -0.2) is 0 Å². The Morgan fingerprint density at radius 2 is 1.88 bits per heavy atom. The van der Waals surface area contributed by atoms with Gasteiger partial charge in [0.05, 0.1) is 7.57 Å². The van der Waals surface area contributed by atoms with Gasteiger partial charge in [-0.2, -0.15) is 0 Å². The Hall–Kier alpha value is -0.450. The van der Waals surface area contributed by atoms with Crippen LogP contribution in [-0.4, -0.2) is 5.78 Å². The topological polar surface area (TPSA) is 17.1 Å². The van der Waals surface area contributed by atoms with Crippen LogP contribution < -0.4 is 0 Å². The molecule has 1 aromatic heterocycles. The second kappa shape index (κ2) is 5.25. The van der Waals surface area contributed by atoms with E-state index in [1.807, 2.05) is 36.4 Å². The van der Waals surface area contributed by atoms with Crippen LogP contribution in [0.2, 0.25) is 0 Å². The highest BCUT2D eigenvalue weighted by molar-refractivity contribution is 9.12. The van der Waals surface area contributed by atoms with E-state index in [9.17, 15) is 4.79 Å². The van der Waals surface area contributed by atoms with Crippen LogP contribution in [0.5, 0.6) is 0 Å². The van der Waals surface area contributed by atoms with E-state index in [4.69, 9.17) is 0 Å². The van der Waals surface area contributed by atoms with Crippen molar-refractivity contribution in [2.45, 2.75) is 6.42 Å². The number of benzene rings is 1. The maximum atomic E-state index is 12.0. The van der Waals surface area contributed by atoms with E-state index in [-0.39, 0.29) is 5.78 Å². The average Bonchev–Trinajstić information content (AvgIpc) is 2.59. The van der Waals surface area contributed by atoms with Crippen LogP contribution in [-0.2, 0) is 6.42 Å². The molecule has 4 heteroatoms. The van der Waals surface area contributed by atoms with Crippen LogP contribution >= 0.6 is 43.2 Å². The Balaban J connectivity index is 2.18. The molecule has 0 spiro atoms. The number of hydrogen-bond acceptors (Lipinski definition) is 2. The molecule has 0 saturated carbocycles. The molecule has 0 aliphatic carbocycles. The number of carbonyl (C=O) groups is 1. The molecule has 0 amide bonds. The van der Waals surface area contributed by atoms with Gasteiger partial charge in [0.2, 0.25) is 0 Å². The Labute approximate surface area is 115 Å². The van der Waals surface area contributed by atoms with Crippen LogP contribution in [0, 0.1) is 0 Å². The maximum Gasteiger partial charge on any atom is 0.169 e. The van der Waals surface area contributed by atoms with Crippen LogP contribution in [0.25, 0.3) is 0 Å². The van der Waals surface area contributed by atoms with Crippen molar-refractivity contribution in [2.75, 3.05) is 0 Å². The summed E-state index contributed by atoms with van der Waals surface area (Å²) >= 11 is 8.29. The van der Waals surface area contributed by atoms with E-state index < -0.39 is 0 Å². The second-order valence-electron chi connectivity index (χ2n) is 3.32. The Morgan fingerprint density at radius 1 is 1.19 bits per heavy atom. The molecule has 16 heavy (non-hydrogen) atoms. The van der Waals surface area contributed by atoms with Gasteiger partial charge < -0.3 is 0 Å². The first-order valence-electron chi connectivity index (χ1n) is 4.69. The highest BCUT2D eigenvalue weighted by Gasteiger charge is 2.13. The Bertz CT molecular complexity index is 505. The lowest BCUT2D eigenvalue weighted by Crippen LogP contribution is -2.02. The summed E-state index contributed by atoms with van der Waals surface area (Å²) in [6.45, 7) is 0. The summed E-state index contributed by atoms with van der Waals surface area (Å²) in [4.78, 5) is 12.0. The lowest BCUT2D eigenvalue weighted by atomic mass is 10.1. The van der Waals surface area contributed by atoms with Crippen molar-refractivity contribution in [1.82, 2.24) is 0 Å². The summed E-state index contributed by atoms with van der Waals surface area (Å²) in [7, 11) is 0. The SMILES string of the molecule is O=C(Cc1ccccc1)c1cc(Br)sc1Br. The third kappa shape index (κ3) is 2.81. The molecule has 1 heterocycles. The number of hydrogen-bond donors (Lipinski definition) is 0. The third-order valence-corrected chi connectivity index (χ3v) is 4.50. The monoisotopic (exact) mass is 358 g/mol. The minimum Gasteiger partial charge on any atom is -0.294 e. The van der Waals surface area contributed by atoms with Gasteiger partial charge >= 0.3 is 0 Å².